The fraction of sp³-hybridized carbons (Fsp3) is 0.182. The molecule has 0 aliphatic heterocycles. The zero-order valence-corrected chi connectivity index (χ0v) is 8.43. The third-order valence-corrected chi connectivity index (χ3v) is 2.22. The third-order valence-electron chi connectivity index (χ3n) is 2.22. The lowest BCUT2D eigenvalue weighted by molar-refractivity contribution is 0.636. The van der Waals surface area contributed by atoms with Crippen LogP contribution in [0.3, 0.4) is 0 Å². The molecule has 2 rings (SSSR count). The van der Waals surface area contributed by atoms with Gasteiger partial charge in [0.2, 0.25) is 0 Å². The third kappa shape index (κ3) is 1.99. The molecular weight excluding hydrogens is 188 g/mol. The maximum absolute atomic E-state index is 5.81. The molecule has 1 heterocycles. The number of nitrogens with zero attached hydrogens (tertiary/aromatic N) is 2. The number of rotatable bonds is 3. The molecule has 78 valence electrons. The van der Waals surface area contributed by atoms with Gasteiger partial charge < -0.3 is 11.5 Å². The Morgan fingerprint density at radius 2 is 1.93 bits per heavy atom. The summed E-state index contributed by atoms with van der Waals surface area (Å²) in [6, 6.07) is 11.8. The highest BCUT2D eigenvalue weighted by Gasteiger charge is 2.05. The Bertz CT molecular complexity index is 433. The predicted molar refractivity (Wildman–Crippen MR) is 61.1 cm³/mol. The van der Waals surface area contributed by atoms with Crippen LogP contribution in [0.2, 0.25) is 0 Å². The molecule has 4 nitrogen and oxygen atoms in total. The summed E-state index contributed by atoms with van der Waals surface area (Å²) in [7, 11) is 0. The van der Waals surface area contributed by atoms with E-state index in [9.17, 15) is 0 Å². The van der Waals surface area contributed by atoms with E-state index in [0.717, 1.165) is 11.3 Å². The van der Waals surface area contributed by atoms with Gasteiger partial charge in [-0.15, -0.1) is 0 Å². The standard InChI is InChI=1S/C11H14N4/c12-6-7-15-11(13)8-10(14-15)9-4-2-1-3-5-9/h1-5,8H,6-7,12-13H2. The summed E-state index contributed by atoms with van der Waals surface area (Å²) in [6.45, 7) is 1.19. The monoisotopic (exact) mass is 202 g/mol. The fourth-order valence-corrected chi connectivity index (χ4v) is 1.48. The van der Waals surface area contributed by atoms with Crippen LogP contribution in [0.4, 0.5) is 5.82 Å². The molecule has 0 atom stereocenters. The molecule has 0 fully saturated rings. The van der Waals surface area contributed by atoms with Crippen molar-refractivity contribution in [3.63, 3.8) is 0 Å². The van der Waals surface area contributed by atoms with E-state index in [1.54, 1.807) is 4.68 Å². The first kappa shape index (κ1) is 9.73. The highest BCUT2D eigenvalue weighted by Crippen LogP contribution is 2.19. The summed E-state index contributed by atoms with van der Waals surface area (Å²) in [5.74, 6) is 0.652. The van der Waals surface area contributed by atoms with Crippen LogP contribution in [0.15, 0.2) is 36.4 Å². The Morgan fingerprint density at radius 3 is 2.60 bits per heavy atom. The van der Waals surface area contributed by atoms with Gasteiger partial charge in [0.1, 0.15) is 5.82 Å². The number of benzene rings is 1. The molecule has 1 aromatic carbocycles. The molecule has 0 saturated carbocycles. The smallest absolute Gasteiger partial charge is 0.122 e. The molecule has 0 aliphatic carbocycles. The van der Waals surface area contributed by atoms with Crippen LogP contribution >= 0.6 is 0 Å². The van der Waals surface area contributed by atoms with Gasteiger partial charge in [0.15, 0.2) is 0 Å². The molecule has 0 unspecified atom stereocenters. The zero-order valence-electron chi connectivity index (χ0n) is 8.43. The second-order valence-electron chi connectivity index (χ2n) is 3.33. The number of aromatic nitrogens is 2. The average molecular weight is 202 g/mol. The van der Waals surface area contributed by atoms with Crippen molar-refractivity contribution in [2.75, 3.05) is 12.3 Å². The molecule has 2 aromatic rings. The lowest BCUT2D eigenvalue weighted by atomic mass is 10.2. The van der Waals surface area contributed by atoms with Crippen molar-refractivity contribution in [2.45, 2.75) is 6.54 Å². The van der Waals surface area contributed by atoms with Crippen molar-refractivity contribution in [1.82, 2.24) is 9.78 Å². The Hall–Kier alpha value is -1.81. The van der Waals surface area contributed by atoms with Crippen molar-refractivity contribution in [2.24, 2.45) is 5.73 Å². The van der Waals surface area contributed by atoms with E-state index in [0.29, 0.717) is 18.9 Å². The van der Waals surface area contributed by atoms with Crippen LogP contribution in [0.1, 0.15) is 0 Å². The minimum atomic E-state index is 0.542. The predicted octanol–water partition coefficient (Wildman–Crippen LogP) is 1.09. The number of anilines is 1. The summed E-state index contributed by atoms with van der Waals surface area (Å²) in [6.07, 6.45) is 0. The minimum absolute atomic E-state index is 0.542. The average Bonchev–Trinajstić information content (AvgIpc) is 2.63. The van der Waals surface area contributed by atoms with Gasteiger partial charge in [-0.25, -0.2) is 4.68 Å². The number of hydrogen-bond acceptors (Lipinski definition) is 3. The van der Waals surface area contributed by atoms with E-state index in [1.807, 2.05) is 36.4 Å². The Labute approximate surface area is 88.5 Å². The molecular formula is C11H14N4. The van der Waals surface area contributed by atoms with Gasteiger partial charge in [-0.3, -0.25) is 0 Å². The first-order chi connectivity index (χ1) is 7.31. The lowest BCUT2D eigenvalue weighted by Crippen LogP contribution is -2.13. The molecule has 0 spiro atoms. The van der Waals surface area contributed by atoms with Crippen molar-refractivity contribution in [1.29, 1.82) is 0 Å². The first-order valence-electron chi connectivity index (χ1n) is 4.90. The molecule has 0 radical (unpaired) electrons. The van der Waals surface area contributed by atoms with Gasteiger partial charge in [0.25, 0.3) is 0 Å². The van der Waals surface area contributed by atoms with Gasteiger partial charge >= 0.3 is 0 Å². The molecule has 4 heteroatoms. The van der Waals surface area contributed by atoms with Gasteiger partial charge in [0, 0.05) is 18.2 Å². The van der Waals surface area contributed by atoms with Gasteiger partial charge in [-0.05, 0) is 0 Å². The summed E-state index contributed by atoms with van der Waals surface area (Å²) < 4.78 is 1.72. The van der Waals surface area contributed by atoms with Crippen LogP contribution in [-0.4, -0.2) is 16.3 Å². The molecule has 0 amide bonds. The SMILES string of the molecule is NCCn1nc(-c2ccccc2)cc1N. The number of nitrogens with two attached hydrogens (primary N) is 2. The Kier molecular flexibility index (Phi) is 2.69. The summed E-state index contributed by atoms with van der Waals surface area (Å²) in [5.41, 5.74) is 13.2. The molecule has 4 N–H and O–H groups in total. The normalized spacial score (nSPS) is 10.5. The van der Waals surface area contributed by atoms with Crippen LogP contribution in [0.25, 0.3) is 11.3 Å². The van der Waals surface area contributed by atoms with Crippen molar-refractivity contribution in [3.8, 4) is 11.3 Å². The highest BCUT2D eigenvalue weighted by molar-refractivity contribution is 5.61. The van der Waals surface area contributed by atoms with E-state index >= 15 is 0 Å². The van der Waals surface area contributed by atoms with Crippen LogP contribution in [0, 0.1) is 0 Å². The maximum Gasteiger partial charge on any atom is 0.122 e. The second kappa shape index (κ2) is 4.14. The summed E-state index contributed by atoms with van der Waals surface area (Å²) in [4.78, 5) is 0. The molecule has 0 aliphatic rings. The van der Waals surface area contributed by atoms with Crippen molar-refractivity contribution >= 4 is 5.82 Å². The molecule has 1 aromatic heterocycles. The topological polar surface area (TPSA) is 69.9 Å². The first-order valence-corrected chi connectivity index (χ1v) is 4.90. The summed E-state index contributed by atoms with van der Waals surface area (Å²) in [5, 5.41) is 4.38. The molecule has 15 heavy (non-hydrogen) atoms. The number of hydrogen-bond donors (Lipinski definition) is 2. The van der Waals surface area contributed by atoms with Crippen molar-refractivity contribution in [3.05, 3.63) is 36.4 Å². The molecule has 0 saturated heterocycles. The van der Waals surface area contributed by atoms with E-state index < -0.39 is 0 Å². The minimum Gasteiger partial charge on any atom is -0.384 e. The highest BCUT2D eigenvalue weighted by atomic mass is 15.3. The lowest BCUT2D eigenvalue weighted by Gasteiger charge is -1.99. The van der Waals surface area contributed by atoms with Crippen LogP contribution in [-0.2, 0) is 6.54 Å². The van der Waals surface area contributed by atoms with Gasteiger partial charge in [-0.2, -0.15) is 5.10 Å². The maximum atomic E-state index is 5.81. The molecule has 0 bridgehead atoms. The van der Waals surface area contributed by atoms with E-state index in [1.165, 1.54) is 0 Å². The van der Waals surface area contributed by atoms with Gasteiger partial charge in [0.05, 0.1) is 12.2 Å². The Balaban J connectivity index is 2.34. The van der Waals surface area contributed by atoms with E-state index in [4.69, 9.17) is 11.5 Å². The zero-order chi connectivity index (χ0) is 10.7. The van der Waals surface area contributed by atoms with Crippen LogP contribution in [0.5, 0.6) is 0 Å². The van der Waals surface area contributed by atoms with E-state index in [2.05, 4.69) is 5.10 Å². The second-order valence-corrected chi connectivity index (χ2v) is 3.33. The fourth-order valence-electron chi connectivity index (χ4n) is 1.48. The summed E-state index contributed by atoms with van der Waals surface area (Å²) >= 11 is 0. The number of nitrogen functional groups attached to an aromatic ring is 1. The van der Waals surface area contributed by atoms with Crippen LogP contribution < -0.4 is 11.5 Å². The van der Waals surface area contributed by atoms with E-state index in [-0.39, 0.29) is 0 Å². The quantitative estimate of drug-likeness (QED) is 0.782. The largest absolute Gasteiger partial charge is 0.384 e. The van der Waals surface area contributed by atoms with Gasteiger partial charge in [-0.1, -0.05) is 30.3 Å². The van der Waals surface area contributed by atoms with Crippen molar-refractivity contribution < 1.29 is 0 Å². The Morgan fingerprint density at radius 1 is 1.20 bits per heavy atom.